The third-order valence-electron chi connectivity index (χ3n) is 3.04. The summed E-state index contributed by atoms with van der Waals surface area (Å²) in [5.41, 5.74) is 0. The summed E-state index contributed by atoms with van der Waals surface area (Å²) < 4.78 is 27.0. The summed E-state index contributed by atoms with van der Waals surface area (Å²) in [6.07, 6.45) is -0.282. The van der Waals surface area contributed by atoms with Crippen molar-refractivity contribution in [2.24, 2.45) is 5.92 Å². The van der Waals surface area contributed by atoms with Gasteiger partial charge in [0.25, 0.3) is 0 Å². The molecule has 9 heteroatoms. The van der Waals surface area contributed by atoms with Crippen molar-refractivity contribution in [2.45, 2.75) is 47.1 Å². The lowest BCUT2D eigenvalue weighted by Crippen LogP contribution is -2.48. The van der Waals surface area contributed by atoms with E-state index in [1.54, 1.807) is 6.92 Å². The predicted molar refractivity (Wildman–Crippen MR) is 91.8 cm³/mol. The number of rotatable bonds is 14. The van der Waals surface area contributed by atoms with Gasteiger partial charge in [-0.1, -0.05) is 6.92 Å². The number of carbonyl (C=O) groups excluding carboxylic acids is 3. The summed E-state index contributed by atoms with van der Waals surface area (Å²) in [5, 5.41) is 0. The molecule has 8 nitrogen and oxygen atoms in total. The number of esters is 2. The standard InChI is InChI=1S/C16H30O8Si/c1-6-22-25(23-7-2,24-8-3)12-13(4)16(19)21-10-9-20-15(18)11-14(5)17/h13H,6-12H2,1-5H3. The molecule has 0 aliphatic heterocycles. The second-order valence-electron chi connectivity index (χ2n) is 5.35. The van der Waals surface area contributed by atoms with Crippen LogP contribution in [0.5, 0.6) is 0 Å². The Kier molecular flexibility index (Phi) is 12.3. The lowest BCUT2D eigenvalue weighted by atomic mass is 10.2. The van der Waals surface area contributed by atoms with Gasteiger partial charge in [-0.25, -0.2) is 0 Å². The van der Waals surface area contributed by atoms with Crippen LogP contribution in [0.25, 0.3) is 0 Å². The predicted octanol–water partition coefficient (Wildman–Crippen LogP) is 1.74. The minimum absolute atomic E-state index is 0.0702. The molecule has 0 radical (unpaired) electrons. The smallest absolute Gasteiger partial charge is 0.462 e. The molecule has 0 aromatic carbocycles. The van der Waals surface area contributed by atoms with E-state index < -0.39 is 26.7 Å². The van der Waals surface area contributed by atoms with Gasteiger partial charge in [0.05, 0.1) is 5.92 Å². The lowest BCUT2D eigenvalue weighted by Gasteiger charge is -2.30. The average molecular weight is 378 g/mol. The lowest BCUT2D eigenvalue weighted by molar-refractivity contribution is -0.155. The topological polar surface area (TPSA) is 97.4 Å². The third kappa shape index (κ3) is 10.3. The van der Waals surface area contributed by atoms with E-state index in [1.165, 1.54) is 6.92 Å². The fourth-order valence-corrected chi connectivity index (χ4v) is 4.95. The Hall–Kier alpha value is -1.29. The Bertz CT molecular complexity index is 409. The maximum absolute atomic E-state index is 12.1. The van der Waals surface area contributed by atoms with Gasteiger partial charge in [-0.15, -0.1) is 0 Å². The molecule has 0 amide bonds. The van der Waals surface area contributed by atoms with Gasteiger partial charge >= 0.3 is 20.7 Å². The molecule has 0 N–H and O–H groups in total. The molecular formula is C16H30O8Si. The van der Waals surface area contributed by atoms with Crippen LogP contribution >= 0.6 is 0 Å². The first-order valence-corrected chi connectivity index (χ1v) is 10.5. The van der Waals surface area contributed by atoms with E-state index >= 15 is 0 Å². The third-order valence-corrected chi connectivity index (χ3v) is 6.33. The SMILES string of the molecule is CCO[Si](CC(C)C(=O)OCCOC(=O)CC(C)=O)(OCC)OCC. The maximum atomic E-state index is 12.1. The van der Waals surface area contributed by atoms with Crippen molar-refractivity contribution in [1.29, 1.82) is 0 Å². The summed E-state index contributed by atoms with van der Waals surface area (Å²) in [5.74, 6) is -1.84. The van der Waals surface area contributed by atoms with Crippen LogP contribution in [0.15, 0.2) is 0 Å². The molecule has 0 bridgehead atoms. The van der Waals surface area contributed by atoms with Crippen LogP contribution in [0, 0.1) is 5.92 Å². The van der Waals surface area contributed by atoms with Crippen molar-refractivity contribution in [1.82, 2.24) is 0 Å². The largest absolute Gasteiger partial charge is 0.501 e. The Morgan fingerprint density at radius 3 is 1.80 bits per heavy atom. The molecule has 146 valence electrons. The summed E-state index contributed by atoms with van der Waals surface area (Å²) in [7, 11) is -2.93. The zero-order valence-electron chi connectivity index (χ0n) is 15.8. The Morgan fingerprint density at radius 2 is 1.36 bits per heavy atom. The molecule has 25 heavy (non-hydrogen) atoms. The van der Waals surface area contributed by atoms with Crippen molar-refractivity contribution in [3.05, 3.63) is 0 Å². The second-order valence-corrected chi connectivity index (χ2v) is 7.99. The van der Waals surface area contributed by atoms with Gasteiger partial charge in [0.2, 0.25) is 0 Å². The Morgan fingerprint density at radius 1 is 0.880 bits per heavy atom. The van der Waals surface area contributed by atoms with E-state index in [2.05, 4.69) is 0 Å². The fraction of sp³-hybridized carbons (Fsp3) is 0.812. The van der Waals surface area contributed by atoms with E-state index in [0.717, 1.165) is 0 Å². The molecule has 0 heterocycles. The van der Waals surface area contributed by atoms with Crippen LogP contribution in [-0.2, 0) is 37.1 Å². The molecule has 0 aliphatic carbocycles. The summed E-state index contributed by atoms with van der Waals surface area (Å²) in [4.78, 5) is 34.1. The molecule has 0 aromatic heterocycles. The van der Waals surface area contributed by atoms with Gasteiger partial charge in [-0.05, 0) is 27.7 Å². The Labute approximate surface area is 150 Å². The highest BCUT2D eigenvalue weighted by molar-refractivity contribution is 6.61. The first-order chi connectivity index (χ1) is 11.8. The summed E-state index contributed by atoms with van der Waals surface area (Å²) >= 11 is 0. The van der Waals surface area contributed by atoms with E-state index in [1.807, 2.05) is 20.8 Å². The average Bonchev–Trinajstić information content (AvgIpc) is 2.51. The molecule has 0 aromatic rings. The van der Waals surface area contributed by atoms with E-state index in [9.17, 15) is 14.4 Å². The van der Waals surface area contributed by atoms with Gasteiger partial charge in [0, 0.05) is 25.9 Å². The van der Waals surface area contributed by atoms with E-state index in [-0.39, 0.29) is 25.4 Å². The number of hydrogen-bond acceptors (Lipinski definition) is 8. The van der Waals surface area contributed by atoms with Crippen LogP contribution < -0.4 is 0 Å². The Balaban J connectivity index is 4.41. The maximum Gasteiger partial charge on any atom is 0.501 e. The minimum Gasteiger partial charge on any atom is -0.462 e. The first-order valence-electron chi connectivity index (χ1n) is 8.53. The van der Waals surface area contributed by atoms with Gasteiger partial charge in [0.15, 0.2) is 0 Å². The minimum atomic E-state index is -2.93. The zero-order valence-corrected chi connectivity index (χ0v) is 16.8. The van der Waals surface area contributed by atoms with Gasteiger partial charge in [-0.3, -0.25) is 14.4 Å². The van der Waals surface area contributed by atoms with Crippen LogP contribution in [0.2, 0.25) is 6.04 Å². The monoisotopic (exact) mass is 378 g/mol. The van der Waals surface area contributed by atoms with Crippen LogP contribution in [0.4, 0.5) is 0 Å². The highest BCUT2D eigenvalue weighted by atomic mass is 28.4. The first kappa shape index (κ1) is 23.7. The molecule has 0 saturated carbocycles. The molecule has 0 fully saturated rings. The molecule has 0 saturated heterocycles. The van der Waals surface area contributed by atoms with Crippen LogP contribution in [0.1, 0.15) is 41.0 Å². The van der Waals surface area contributed by atoms with Crippen molar-refractivity contribution >= 4 is 26.5 Å². The number of Topliss-reactive ketones (excluding diaryl/α,β-unsaturated/α-hetero) is 1. The van der Waals surface area contributed by atoms with Gasteiger partial charge in [0.1, 0.15) is 25.4 Å². The quantitative estimate of drug-likeness (QED) is 0.195. The second kappa shape index (κ2) is 13.0. The highest BCUT2D eigenvalue weighted by Gasteiger charge is 2.43. The number of ether oxygens (including phenoxy) is 2. The highest BCUT2D eigenvalue weighted by Crippen LogP contribution is 2.22. The number of carbonyl (C=O) groups is 3. The van der Waals surface area contributed by atoms with E-state index in [4.69, 9.17) is 22.8 Å². The van der Waals surface area contributed by atoms with Crippen LogP contribution in [-0.4, -0.2) is 59.6 Å². The fourth-order valence-electron chi connectivity index (χ4n) is 2.11. The van der Waals surface area contributed by atoms with Crippen molar-refractivity contribution in [3.8, 4) is 0 Å². The molecule has 0 rings (SSSR count). The van der Waals surface area contributed by atoms with Crippen molar-refractivity contribution in [3.63, 3.8) is 0 Å². The zero-order chi connectivity index (χ0) is 19.3. The van der Waals surface area contributed by atoms with Gasteiger partial charge < -0.3 is 22.8 Å². The normalized spacial score (nSPS) is 12.5. The molecule has 1 atom stereocenters. The number of ketones is 1. The summed E-state index contributed by atoms with van der Waals surface area (Å²) in [6.45, 7) is 9.68. The molecular weight excluding hydrogens is 348 g/mol. The summed E-state index contributed by atoms with van der Waals surface area (Å²) in [6, 6.07) is 0.311. The van der Waals surface area contributed by atoms with E-state index in [0.29, 0.717) is 25.9 Å². The van der Waals surface area contributed by atoms with Crippen molar-refractivity contribution in [2.75, 3.05) is 33.0 Å². The van der Waals surface area contributed by atoms with Gasteiger partial charge in [-0.2, -0.15) is 0 Å². The molecule has 1 unspecified atom stereocenters. The van der Waals surface area contributed by atoms with Crippen molar-refractivity contribution < 1.29 is 37.1 Å². The van der Waals surface area contributed by atoms with Crippen LogP contribution in [0.3, 0.4) is 0 Å². The molecule has 0 spiro atoms. The number of hydrogen-bond donors (Lipinski definition) is 0. The molecule has 0 aliphatic rings.